The van der Waals surface area contributed by atoms with E-state index in [0.717, 1.165) is 18.9 Å². The van der Waals surface area contributed by atoms with Crippen LogP contribution < -0.4 is 11.1 Å². The van der Waals surface area contributed by atoms with Gasteiger partial charge >= 0.3 is 17.9 Å². The maximum Gasteiger partial charge on any atom is 0.343 e. The molecule has 0 saturated carbocycles. The van der Waals surface area contributed by atoms with Gasteiger partial charge in [0.1, 0.15) is 18.1 Å². The zero-order valence-corrected chi connectivity index (χ0v) is 20.8. The van der Waals surface area contributed by atoms with E-state index < -0.39 is 30.5 Å². The molecule has 0 fully saturated rings. The van der Waals surface area contributed by atoms with Crippen LogP contribution in [0, 0.1) is 0 Å². The quantitative estimate of drug-likeness (QED) is 0.246. The zero-order valence-electron chi connectivity index (χ0n) is 19.2. The molecule has 2 aromatic rings. The Morgan fingerprint density at radius 3 is 2.53 bits per heavy atom. The van der Waals surface area contributed by atoms with Gasteiger partial charge in [0.05, 0.1) is 36.5 Å². The number of esters is 2. The maximum absolute atomic E-state index is 14.1. The van der Waals surface area contributed by atoms with Crippen LogP contribution in [-0.2, 0) is 19.1 Å². The fourth-order valence-electron chi connectivity index (χ4n) is 3.60. The number of hydrogen-bond donors (Lipinski definition) is 3. The van der Waals surface area contributed by atoms with Crippen molar-refractivity contribution in [3.8, 4) is 0 Å². The number of carboxylic acids is 1. The highest BCUT2D eigenvalue weighted by Crippen LogP contribution is 2.42. The summed E-state index contributed by atoms with van der Waals surface area (Å²) < 4.78 is 23.8. The highest BCUT2D eigenvalue weighted by molar-refractivity contribution is 7.99. The van der Waals surface area contributed by atoms with E-state index >= 15 is 0 Å². The van der Waals surface area contributed by atoms with Gasteiger partial charge in [-0.3, -0.25) is 0 Å². The second-order valence-electron chi connectivity index (χ2n) is 7.25. The van der Waals surface area contributed by atoms with Crippen LogP contribution in [-0.4, -0.2) is 59.1 Å². The molecule has 13 heteroatoms. The number of halogens is 2. The van der Waals surface area contributed by atoms with Crippen LogP contribution in [0.25, 0.3) is 0 Å². The first kappa shape index (κ1) is 27.0. The van der Waals surface area contributed by atoms with Gasteiger partial charge in [0, 0.05) is 22.7 Å². The van der Waals surface area contributed by atoms with Gasteiger partial charge in [0.2, 0.25) is 0 Å². The molecule has 0 saturated heterocycles. The highest BCUT2D eigenvalue weighted by atomic mass is 35.5. The molecule has 0 amide bonds. The molecule has 1 aliphatic rings. The van der Waals surface area contributed by atoms with Crippen molar-refractivity contribution < 1.29 is 33.4 Å². The van der Waals surface area contributed by atoms with Crippen molar-refractivity contribution in [1.82, 2.24) is 15.3 Å². The number of nitrogens with two attached hydrogens (primary N) is 1. The molecule has 1 aromatic heterocycles. The average molecular weight is 537 g/mol. The number of rotatable bonds is 9. The molecule has 0 spiro atoms. The Kier molecular flexibility index (Phi) is 8.88. The van der Waals surface area contributed by atoms with Crippen LogP contribution in [0.4, 0.5) is 10.2 Å². The molecule has 10 nitrogen and oxygen atoms in total. The number of thioether (sulfide) groups is 1. The normalized spacial score (nSPS) is 15.4. The van der Waals surface area contributed by atoms with Crippen molar-refractivity contribution in [2.24, 2.45) is 0 Å². The van der Waals surface area contributed by atoms with Crippen molar-refractivity contribution in [2.45, 2.75) is 18.0 Å². The first-order valence-corrected chi connectivity index (χ1v) is 11.9. The number of nitrogens with one attached hydrogen (secondary N) is 1. The van der Waals surface area contributed by atoms with Crippen molar-refractivity contribution in [2.75, 3.05) is 31.9 Å². The minimum absolute atomic E-state index is 0.00779. The van der Waals surface area contributed by atoms with Gasteiger partial charge in [0.15, 0.2) is 5.16 Å². The number of allylic oxidation sites excluding steroid dienone is 1. The van der Waals surface area contributed by atoms with E-state index in [9.17, 15) is 23.9 Å². The first-order chi connectivity index (χ1) is 17.2. The molecule has 0 bridgehead atoms. The van der Waals surface area contributed by atoms with Crippen LogP contribution in [0.1, 0.15) is 28.8 Å². The van der Waals surface area contributed by atoms with Gasteiger partial charge in [-0.2, -0.15) is 0 Å². The number of nitrogens with zero attached hydrogens (tertiary/aromatic N) is 2. The second kappa shape index (κ2) is 11.9. The molecule has 2 heterocycles. The molecular weight excluding hydrogens is 515 g/mol. The Morgan fingerprint density at radius 1 is 1.22 bits per heavy atom. The Morgan fingerprint density at radius 2 is 1.94 bits per heavy atom. The lowest BCUT2D eigenvalue weighted by molar-refractivity contribution is -0.136. The Balaban J connectivity index is 2.04. The van der Waals surface area contributed by atoms with Crippen molar-refractivity contribution in [3.63, 3.8) is 0 Å². The number of carbonyl (C=O) groups is 3. The van der Waals surface area contributed by atoms with Crippen LogP contribution in [0.5, 0.6) is 0 Å². The number of nitrogen functional groups attached to an aromatic ring is 1. The minimum Gasteiger partial charge on any atom is -0.478 e. The van der Waals surface area contributed by atoms with Gasteiger partial charge in [-0.1, -0.05) is 41.6 Å². The van der Waals surface area contributed by atoms with E-state index in [-0.39, 0.29) is 56.5 Å². The van der Waals surface area contributed by atoms with E-state index in [4.69, 9.17) is 26.8 Å². The number of aromatic nitrogens is 2. The summed E-state index contributed by atoms with van der Waals surface area (Å²) >= 11 is 7.34. The largest absolute Gasteiger partial charge is 0.478 e. The molecule has 1 aliphatic heterocycles. The molecule has 1 unspecified atom stereocenters. The average Bonchev–Trinajstić information content (AvgIpc) is 2.86. The smallest absolute Gasteiger partial charge is 0.343 e. The molecule has 1 atom stereocenters. The Hall–Kier alpha value is -3.64. The number of carboxylic acid groups (broad SMARTS) is 1. The number of aliphatic carboxylic acids is 1. The van der Waals surface area contributed by atoms with Crippen molar-refractivity contribution >= 4 is 47.1 Å². The number of dihydropyridines is 1. The van der Waals surface area contributed by atoms with Crippen LogP contribution in [0.2, 0.25) is 5.02 Å². The molecule has 190 valence electrons. The van der Waals surface area contributed by atoms with Crippen LogP contribution >= 0.6 is 23.4 Å². The van der Waals surface area contributed by atoms with Crippen molar-refractivity contribution in [1.29, 1.82) is 0 Å². The summed E-state index contributed by atoms with van der Waals surface area (Å²) in [6, 6.07) is 6.37. The summed E-state index contributed by atoms with van der Waals surface area (Å²) in [5.74, 6) is -4.29. The van der Waals surface area contributed by atoms with Gasteiger partial charge in [0.25, 0.3) is 0 Å². The SMILES string of the molecule is CCOC(=O)c1cnc(SCC2=C(C(=O)O)C(c3ccccc3Cl)C(C(=O)OC)=C(CF)N2)nc1N. The lowest BCUT2D eigenvalue weighted by Crippen LogP contribution is -2.35. The van der Waals surface area contributed by atoms with Gasteiger partial charge in [-0.05, 0) is 18.6 Å². The maximum atomic E-state index is 14.1. The van der Waals surface area contributed by atoms with E-state index in [0.29, 0.717) is 5.56 Å². The second-order valence-corrected chi connectivity index (χ2v) is 8.60. The molecule has 3 rings (SSSR count). The predicted molar refractivity (Wildman–Crippen MR) is 130 cm³/mol. The lowest BCUT2D eigenvalue weighted by atomic mass is 9.80. The van der Waals surface area contributed by atoms with E-state index in [2.05, 4.69) is 15.3 Å². The number of hydrogen-bond acceptors (Lipinski definition) is 10. The monoisotopic (exact) mass is 536 g/mol. The standard InChI is InChI=1S/C23H22ClFN4O6S/c1-3-35-21(32)12-9-27-23(29-19(12)26)36-10-15-17(20(30)31)16(11-6-4-5-7-13(11)24)18(22(33)34-2)14(8-25)28-15/h4-7,9,16,28H,3,8,10H2,1-2H3,(H,30,31)(H2,26,27,29). The minimum atomic E-state index is -1.35. The summed E-state index contributed by atoms with van der Waals surface area (Å²) in [5, 5.41) is 13.2. The fourth-order valence-corrected chi connectivity index (χ4v) is 4.64. The predicted octanol–water partition coefficient (Wildman–Crippen LogP) is 3.10. The molecular formula is C23H22ClFN4O6S. The molecule has 4 N–H and O–H groups in total. The third kappa shape index (κ3) is 5.60. The van der Waals surface area contributed by atoms with E-state index in [1.165, 1.54) is 6.20 Å². The van der Waals surface area contributed by atoms with Crippen molar-refractivity contribution in [3.05, 3.63) is 69.2 Å². The molecule has 36 heavy (non-hydrogen) atoms. The molecule has 0 radical (unpaired) electrons. The number of alkyl halides is 1. The highest BCUT2D eigenvalue weighted by Gasteiger charge is 2.40. The third-order valence-electron chi connectivity index (χ3n) is 5.15. The topological polar surface area (TPSA) is 154 Å². The van der Waals surface area contributed by atoms with E-state index in [1.54, 1.807) is 31.2 Å². The summed E-state index contributed by atoms with van der Waals surface area (Å²) in [5.41, 5.74) is 5.69. The van der Waals surface area contributed by atoms with Gasteiger partial charge in [-0.15, -0.1) is 0 Å². The lowest BCUT2D eigenvalue weighted by Gasteiger charge is -2.31. The van der Waals surface area contributed by atoms with Crippen LogP contribution in [0.15, 0.2) is 58.2 Å². The number of methoxy groups -OCH3 is 1. The summed E-state index contributed by atoms with van der Waals surface area (Å²) in [6.45, 7) is 0.701. The van der Waals surface area contributed by atoms with E-state index in [1.807, 2.05) is 0 Å². The van der Waals surface area contributed by atoms with Gasteiger partial charge in [-0.25, -0.2) is 28.7 Å². The summed E-state index contributed by atoms with van der Waals surface area (Å²) in [4.78, 5) is 45.1. The Labute approximate surface area is 214 Å². The molecule has 1 aromatic carbocycles. The molecule has 0 aliphatic carbocycles. The van der Waals surface area contributed by atoms with Gasteiger partial charge < -0.3 is 25.6 Å². The number of benzene rings is 1. The summed E-state index contributed by atoms with van der Waals surface area (Å²) in [6.07, 6.45) is 1.21. The summed E-state index contributed by atoms with van der Waals surface area (Å²) in [7, 11) is 1.12. The third-order valence-corrected chi connectivity index (χ3v) is 6.38. The first-order valence-electron chi connectivity index (χ1n) is 10.5. The zero-order chi connectivity index (χ0) is 26.4. The Bertz CT molecular complexity index is 1270. The fraction of sp³-hybridized carbons (Fsp3) is 0.261. The number of carbonyl (C=O) groups excluding carboxylic acids is 2. The van der Waals surface area contributed by atoms with Crippen LogP contribution in [0.3, 0.4) is 0 Å². The number of anilines is 1. The number of ether oxygens (including phenoxy) is 2.